The monoisotopic (exact) mass is 251 g/mol. The van der Waals surface area contributed by atoms with E-state index in [1.54, 1.807) is 25.3 Å². The summed E-state index contributed by atoms with van der Waals surface area (Å²) in [6, 6.07) is 5.21. The minimum absolute atomic E-state index is 0.491. The van der Waals surface area contributed by atoms with E-state index < -0.39 is 0 Å². The number of methoxy groups -OCH3 is 1. The largest absolute Gasteiger partial charge is 0.493 e. The predicted octanol–water partition coefficient (Wildman–Crippen LogP) is 2.48. The molecule has 0 radical (unpaired) electrons. The Hall–Kier alpha value is -1.82. The third-order valence-corrected chi connectivity index (χ3v) is 2.78. The maximum absolute atomic E-state index is 5.70. The zero-order chi connectivity index (χ0) is 12.3. The van der Waals surface area contributed by atoms with E-state index in [9.17, 15) is 0 Å². The zero-order valence-corrected chi connectivity index (χ0v) is 10.5. The molecule has 2 aromatic rings. The van der Waals surface area contributed by atoms with Gasteiger partial charge in [0.05, 0.1) is 7.11 Å². The normalized spacial score (nSPS) is 10.2. The van der Waals surface area contributed by atoms with Crippen molar-refractivity contribution in [2.75, 3.05) is 12.8 Å². The second kappa shape index (κ2) is 5.01. The molecule has 2 rings (SSSR count). The predicted molar refractivity (Wildman–Crippen MR) is 66.8 cm³/mol. The molecule has 0 fully saturated rings. The molecule has 0 saturated carbocycles. The summed E-state index contributed by atoms with van der Waals surface area (Å²) < 4.78 is 14.9. The van der Waals surface area contributed by atoms with Gasteiger partial charge in [0.1, 0.15) is 5.82 Å². The van der Waals surface area contributed by atoms with Crippen molar-refractivity contribution in [2.45, 2.75) is 13.3 Å². The fraction of sp³-hybridized carbons (Fsp3) is 0.273. The van der Waals surface area contributed by atoms with Crippen LogP contribution in [0.4, 0.5) is 5.69 Å². The molecule has 1 aromatic heterocycles. The van der Waals surface area contributed by atoms with E-state index in [1.807, 2.05) is 6.92 Å². The molecule has 0 saturated heterocycles. The van der Waals surface area contributed by atoms with Crippen molar-refractivity contribution in [3.63, 3.8) is 0 Å². The zero-order valence-electron chi connectivity index (χ0n) is 9.64. The van der Waals surface area contributed by atoms with Gasteiger partial charge >= 0.3 is 0 Å². The highest BCUT2D eigenvalue weighted by atomic mass is 32.1. The van der Waals surface area contributed by atoms with Gasteiger partial charge in [-0.1, -0.05) is 6.92 Å². The molecule has 1 heterocycles. The summed E-state index contributed by atoms with van der Waals surface area (Å²) in [5.41, 5.74) is 6.31. The molecule has 0 unspecified atom stereocenters. The first-order chi connectivity index (χ1) is 8.22. The minimum atomic E-state index is 0.491. The first-order valence-corrected chi connectivity index (χ1v) is 5.94. The number of anilines is 1. The average molecular weight is 251 g/mol. The first kappa shape index (κ1) is 11.7. The van der Waals surface area contributed by atoms with Crippen LogP contribution in [0.1, 0.15) is 12.7 Å². The van der Waals surface area contributed by atoms with Crippen molar-refractivity contribution in [3.8, 4) is 16.7 Å². The van der Waals surface area contributed by atoms with Gasteiger partial charge in [0.15, 0.2) is 11.5 Å². The molecular formula is C11H13N3O2S. The van der Waals surface area contributed by atoms with Crippen LogP contribution in [-0.2, 0) is 6.42 Å². The first-order valence-electron chi connectivity index (χ1n) is 5.17. The van der Waals surface area contributed by atoms with Crippen LogP contribution < -0.4 is 15.2 Å². The van der Waals surface area contributed by atoms with Crippen LogP contribution in [-0.4, -0.2) is 16.5 Å². The number of nitrogen functional groups attached to an aromatic ring is 1. The molecule has 0 atom stereocenters. The number of hydrogen-bond donors (Lipinski definition) is 1. The summed E-state index contributed by atoms with van der Waals surface area (Å²) in [5, 5.41) is 0.491. The Morgan fingerprint density at radius 1 is 1.35 bits per heavy atom. The Labute approximate surface area is 103 Å². The molecule has 0 aliphatic carbocycles. The summed E-state index contributed by atoms with van der Waals surface area (Å²) in [6.07, 6.45) is 0.786. The van der Waals surface area contributed by atoms with Crippen molar-refractivity contribution in [3.05, 3.63) is 24.0 Å². The third-order valence-electron chi connectivity index (χ3n) is 2.15. The maximum atomic E-state index is 5.70. The molecule has 90 valence electrons. The Balaban J connectivity index is 2.25. The summed E-state index contributed by atoms with van der Waals surface area (Å²) in [7, 11) is 1.58. The minimum Gasteiger partial charge on any atom is -0.493 e. The lowest BCUT2D eigenvalue weighted by atomic mass is 10.3. The molecule has 0 aliphatic rings. The van der Waals surface area contributed by atoms with E-state index in [-0.39, 0.29) is 0 Å². The Morgan fingerprint density at radius 2 is 2.18 bits per heavy atom. The van der Waals surface area contributed by atoms with E-state index in [0.29, 0.717) is 22.4 Å². The van der Waals surface area contributed by atoms with Gasteiger partial charge < -0.3 is 15.2 Å². The Morgan fingerprint density at radius 3 is 2.82 bits per heavy atom. The van der Waals surface area contributed by atoms with Gasteiger partial charge in [-0.15, -0.1) is 0 Å². The molecule has 0 amide bonds. The Kier molecular flexibility index (Phi) is 3.43. The van der Waals surface area contributed by atoms with Gasteiger partial charge in [0.2, 0.25) is 0 Å². The SMILES string of the molecule is CCc1nsc(Oc2cc(N)ccc2OC)n1. The molecule has 1 aromatic carbocycles. The van der Waals surface area contributed by atoms with E-state index in [2.05, 4.69) is 9.36 Å². The van der Waals surface area contributed by atoms with Crippen LogP contribution in [0, 0.1) is 0 Å². The standard InChI is InChI=1S/C11H13N3O2S/c1-3-10-13-11(17-14-10)16-9-6-7(12)4-5-8(9)15-2/h4-6H,3,12H2,1-2H3. The molecule has 0 bridgehead atoms. The van der Waals surface area contributed by atoms with Crippen LogP contribution in [0.2, 0.25) is 0 Å². The Bertz CT molecular complexity index is 513. The van der Waals surface area contributed by atoms with Crippen LogP contribution in [0.3, 0.4) is 0 Å². The van der Waals surface area contributed by atoms with Gasteiger partial charge in [-0.3, -0.25) is 0 Å². The molecule has 2 N–H and O–H groups in total. The van der Waals surface area contributed by atoms with Gasteiger partial charge in [0.25, 0.3) is 5.19 Å². The summed E-state index contributed by atoms with van der Waals surface area (Å²) in [4.78, 5) is 4.22. The highest BCUT2D eigenvalue weighted by Crippen LogP contribution is 2.33. The number of aryl methyl sites for hydroxylation is 1. The number of ether oxygens (including phenoxy) is 2. The lowest BCUT2D eigenvalue weighted by molar-refractivity contribution is 0.378. The fourth-order valence-electron chi connectivity index (χ4n) is 1.29. The fourth-order valence-corrected chi connectivity index (χ4v) is 1.92. The van der Waals surface area contributed by atoms with Crippen LogP contribution in [0.25, 0.3) is 0 Å². The lowest BCUT2D eigenvalue weighted by Crippen LogP contribution is -1.92. The average Bonchev–Trinajstić information content (AvgIpc) is 2.77. The van der Waals surface area contributed by atoms with E-state index in [0.717, 1.165) is 12.2 Å². The highest BCUT2D eigenvalue weighted by molar-refractivity contribution is 7.07. The number of hydrogen-bond acceptors (Lipinski definition) is 6. The molecule has 0 aliphatic heterocycles. The number of rotatable bonds is 4. The molecule has 6 heteroatoms. The second-order valence-corrected chi connectivity index (χ2v) is 4.06. The smallest absolute Gasteiger partial charge is 0.298 e. The molecular weight excluding hydrogens is 238 g/mol. The van der Waals surface area contributed by atoms with Crippen molar-refractivity contribution in [1.82, 2.24) is 9.36 Å². The topological polar surface area (TPSA) is 70.3 Å². The summed E-state index contributed by atoms with van der Waals surface area (Å²) >= 11 is 1.21. The molecule has 0 spiro atoms. The number of nitrogens with zero attached hydrogens (tertiary/aromatic N) is 2. The quantitative estimate of drug-likeness (QED) is 0.845. The summed E-state index contributed by atoms with van der Waals surface area (Å²) in [5.74, 6) is 1.94. The maximum Gasteiger partial charge on any atom is 0.298 e. The van der Waals surface area contributed by atoms with Gasteiger partial charge in [-0.2, -0.15) is 9.36 Å². The number of nitrogens with two attached hydrogens (primary N) is 1. The van der Waals surface area contributed by atoms with Gasteiger partial charge in [0, 0.05) is 29.7 Å². The van der Waals surface area contributed by atoms with E-state index in [4.69, 9.17) is 15.2 Å². The van der Waals surface area contributed by atoms with Crippen molar-refractivity contribution in [1.29, 1.82) is 0 Å². The third kappa shape index (κ3) is 2.65. The van der Waals surface area contributed by atoms with Gasteiger partial charge in [-0.25, -0.2) is 0 Å². The summed E-state index contributed by atoms with van der Waals surface area (Å²) in [6.45, 7) is 1.99. The van der Waals surface area contributed by atoms with Crippen LogP contribution >= 0.6 is 11.5 Å². The van der Waals surface area contributed by atoms with Crippen molar-refractivity contribution >= 4 is 17.2 Å². The van der Waals surface area contributed by atoms with E-state index >= 15 is 0 Å². The number of aromatic nitrogens is 2. The second-order valence-electron chi connectivity index (χ2n) is 3.34. The lowest BCUT2D eigenvalue weighted by Gasteiger charge is -2.07. The van der Waals surface area contributed by atoms with Gasteiger partial charge in [-0.05, 0) is 12.1 Å². The van der Waals surface area contributed by atoms with Crippen LogP contribution in [0.15, 0.2) is 18.2 Å². The molecule has 5 nitrogen and oxygen atoms in total. The van der Waals surface area contributed by atoms with Crippen molar-refractivity contribution in [2.24, 2.45) is 0 Å². The molecule has 17 heavy (non-hydrogen) atoms. The van der Waals surface area contributed by atoms with Crippen molar-refractivity contribution < 1.29 is 9.47 Å². The van der Waals surface area contributed by atoms with E-state index in [1.165, 1.54) is 11.5 Å². The number of benzene rings is 1. The van der Waals surface area contributed by atoms with Crippen LogP contribution in [0.5, 0.6) is 16.7 Å². The highest BCUT2D eigenvalue weighted by Gasteiger charge is 2.09.